The molecule has 2 saturated heterocycles. The minimum Gasteiger partial charge on any atom is -0.488 e. The predicted octanol–water partition coefficient (Wildman–Crippen LogP) is 4.10. The van der Waals surface area contributed by atoms with Crippen molar-refractivity contribution in [3.8, 4) is 5.75 Å². The van der Waals surface area contributed by atoms with Crippen LogP contribution < -0.4 is 10.1 Å². The van der Waals surface area contributed by atoms with Crippen molar-refractivity contribution in [2.45, 2.75) is 56.6 Å². The van der Waals surface area contributed by atoms with Crippen molar-refractivity contribution in [3.63, 3.8) is 0 Å². The number of carbonyl (C=O) groups is 1. The summed E-state index contributed by atoms with van der Waals surface area (Å²) in [5, 5.41) is 13.0. The summed E-state index contributed by atoms with van der Waals surface area (Å²) in [5.74, 6) is 0.842. The van der Waals surface area contributed by atoms with Crippen LogP contribution in [0.2, 0.25) is 0 Å². The van der Waals surface area contributed by atoms with E-state index < -0.39 is 5.97 Å². The molecule has 2 aromatic rings. The van der Waals surface area contributed by atoms with Gasteiger partial charge in [-0.05, 0) is 67.4 Å². The Morgan fingerprint density at radius 2 is 1.97 bits per heavy atom. The Kier molecular flexibility index (Phi) is 7.71. The summed E-state index contributed by atoms with van der Waals surface area (Å²) >= 11 is 0. The highest BCUT2D eigenvalue weighted by Gasteiger charge is 2.41. The average molecular weight is 479 g/mol. The van der Waals surface area contributed by atoms with Crippen molar-refractivity contribution in [2.75, 3.05) is 39.4 Å². The van der Waals surface area contributed by atoms with Crippen LogP contribution in [0.3, 0.4) is 0 Å². The van der Waals surface area contributed by atoms with Crippen molar-refractivity contribution in [3.05, 3.63) is 65.7 Å². The molecule has 6 heteroatoms. The Morgan fingerprint density at radius 1 is 1.14 bits per heavy atom. The number of piperidine rings is 1. The maximum atomic E-state index is 11.0. The van der Waals surface area contributed by atoms with Gasteiger partial charge in [-0.1, -0.05) is 42.5 Å². The molecule has 35 heavy (non-hydrogen) atoms. The van der Waals surface area contributed by atoms with Crippen LogP contribution in [0.15, 0.2) is 54.6 Å². The van der Waals surface area contributed by atoms with Gasteiger partial charge in [0, 0.05) is 31.5 Å². The molecule has 5 rings (SSSR count). The van der Waals surface area contributed by atoms with Gasteiger partial charge in [-0.3, -0.25) is 4.79 Å². The Labute approximate surface area is 208 Å². The Bertz CT molecular complexity index is 968. The lowest BCUT2D eigenvalue weighted by Gasteiger charge is -2.42. The number of likely N-dealkylation sites (tertiary alicyclic amines) is 1. The molecule has 2 heterocycles. The van der Waals surface area contributed by atoms with Crippen LogP contribution in [0.1, 0.15) is 49.1 Å². The minimum atomic E-state index is -0.714. The Hall–Kier alpha value is -2.41. The molecule has 2 N–H and O–H groups in total. The van der Waals surface area contributed by atoms with Gasteiger partial charge in [0.25, 0.3) is 0 Å². The molecule has 0 unspecified atom stereocenters. The number of carboxylic acids is 1. The van der Waals surface area contributed by atoms with E-state index in [1.807, 2.05) is 0 Å². The highest BCUT2D eigenvalue weighted by atomic mass is 16.5. The molecule has 2 aliphatic heterocycles. The minimum absolute atomic E-state index is 0.156. The fourth-order valence-electron chi connectivity index (χ4n) is 5.72. The molecule has 2 aromatic carbocycles. The summed E-state index contributed by atoms with van der Waals surface area (Å²) in [6.07, 6.45) is 5.69. The number of hydrogen-bond acceptors (Lipinski definition) is 5. The van der Waals surface area contributed by atoms with Crippen molar-refractivity contribution < 1.29 is 19.4 Å². The van der Waals surface area contributed by atoms with Gasteiger partial charge in [-0.15, -0.1) is 0 Å². The molecule has 6 nitrogen and oxygen atoms in total. The van der Waals surface area contributed by atoms with Crippen molar-refractivity contribution >= 4 is 5.97 Å². The number of aliphatic carboxylic acids is 1. The average Bonchev–Trinajstić information content (AvgIpc) is 3.48. The van der Waals surface area contributed by atoms with E-state index in [1.54, 1.807) is 0 Å². The summed E-state index contributed by atoms with van der Waals surface area (Å²) in [5.41, 5.74) is 2.92. The van der Waals surface area contributed by atoms with E-state index >= 15 is 0 Å². The summed E-state index contributed by atoms with van der Waals surface area (Å²) in [6.45, 7) is 5.01. The molecule has 0 spiro atoms. The second kappa shape index (κ2) is 11.1. The van der Waals surface area contributed by atoms with Crippen LogP contribution in [0, 0.1) is 5.41 Å². The topological polar surface area (TPSA) is 71.0 Å². The van der Waals surface area contributed by atoms with Gasteiger partial charge in [0.2, 0.25) is 0 Å². The maximum absolute atomic E-state index is 11.0. The number of nitrogens with one attached hydrogen (secondary N) is 1. The first-order chi connectivity index (χ1) is 17.1. The van der Waals surface area contributed by atoms with E-state index in [2.05, 4.69) is 64.8 Å². The third kappa shape index (κ3) is 6.63. The highest BCUT2D eigenvalue weighted by molar-refractivity contribution is 5.66. The summed E-state index contributed by atoms with van der Waals surface area (Å²) in [4.78, 5) is 13.4. The van der Waals surface area contributed by atoms with Crippen molar-refractivity contribution in [1.29, 1.82) is 0 Å². The second-order valence-corrected chi connectivity index (χ2v) is 10.7. The zero-order chi connectivity index (χ0) is 24.1. The first-order valence-corrected chi connectivity index (χ1v) is 13.1. The molecule has 0 radical (unpaired) electrons. The van der Waals surface area contributed by atoms with Crippen LogP contribution in [-0.4, -0.2) is 67.5 Å². The van der Waals surface area contributed by atoms with Gasteiger partial charge in [-0.2, -0.15) is 0 Å². The molecule has 1 aliphatic carbocycles. The number of hydrogen-bond donors (Lipinski definition) is 2. The van der Waals surface area contributed by atoms with Gasteiger partial charge < -0.3 is 24.8 Å². The summed E-state index contributed by atoms with van der Waals surface area (Å²) in [7, 11) is 0. The third-order valence-electron chi connectivity index (χ3n) is 7.98. The fraction of sp³-hybridized carbons (Fsp3) is 0.552. The SMILES string of the molecule is O=C(O)CCN1CCC(CN[C@@H]2C[C@H]2c2ccccc2)(Cc2cccc(O[C@@H]3CCOC3)c2)CC1. The molecular weight excluding hydrogens is 440 g/mol. The van der Waals surface area contributed by atoms with Crippen LogP contribution >= 0.6 is 0 Å². The first-order valence-electron chi connectivity index (χ1n) is 13.1. The zero-order valence-electron chi connectivity index (χ0n) is 20.5. The lowest BCUT2D eigenvalue weighted by Crippen LogP contribution is -2.47. The predicted molar refractivity (Wildman–Crippen MR) is 136 cm³/mol. The molecule has 3 aliphatic rings. The fourth-order valence-corrected chi connectivity index (χ4v) is 5.72. The molecule has 3 atom stereocenters. The monoisotopic (exact) mass is 478 g/mol. The summed E-state index contributed by atoms with van der Waals surface area (Å²) in [6, 6.07) is 20.0. The standard InChI is InChI=1S/C29H38N2O4/c32-28(33)9-13-31-14-11-29(12-15-31,21-30-27-18-26(27)23-6-2-1-3-7-23)19-22-5-4-8-24(17-22)35-25-10-16-34-20-25/h1-8,17,25-27,30H,9-16,18-21H2,(H,32,33)/t25-,26+,27-/m1/s1. The van der Waals surface area contributed by atoms with E-state index in [0.29, 0.717) is 25.1 Å². The highest BCUT2D eigenvalue weighted by Crippen LogP contribution is 2.42. The van der Waals surface area contributed by atoms with E-state index in [4.69, 9.17) is 14.6 Å². The first kappa shape index (κ1) is 24.3. The summed E-state index contributed by atoms with van der Waals surface area (Å²) < 4.78 is 11.6. The van der Waals surface area contributed by atoms with Gasteiger partial charge >= 0.3 is 5.97 Å². The van der Waals surface area contributed by atoms with E-state index in [1.165, 1.54) is 17.5 Å². The van der Waals surface area contributed by atoms with E-state index in [-0.39, 0.29) is 17.9 Å². The molecule has 0 bridgehead atoms. The van der Waals surface area contributed by atoms with Crippen molar-refractivity contribution in [2.24, 2.45) is 5.41 Å². The number of benzene rings is 2. The van der Waals surface area contributed by atoms with Crippen LogP contribution in [0.25, 0.3) is 0 Å². The number of nitrogens with zero attached hydrogens (tertiary/aromatic N) is 1. The van der Waals surface area contributed by atoms with E-state index in [0.717, 1.165) is 57.7 Å². The van der Waals surface area contributed by atoms with Gasteiger partial charge in [0.05, 0.1) is 19.6 Å². The molecule has 0 aromatic heterocycles. The number of rotatable bonds is 11. The van der Waals surface area contributed by atoms with E-state index in [9.17, 15) is 4.79 Å². The molecule has 3 fully saturated rings. The normalized spacial score (nSPS) is 25.9. The molecule has 1 saturated carbocycles. The Balaban J connectivity index is 1.23. The van der Waals surface area contributed by atoms with Crippen molar-refractivity contribution in [1.82, 2.24) is 10.2 Å². The molecule has 0 amide bonds. The van der Waals surface area contributed by atoms with Gasteiger partial charge in [0.15, 0.2) is 0 Å². The Morgan fingerprint density at radius 3 is 2.71 bits per heavy atom. The lowest BCUT2D eigenvalue weighted by molar-refractivity contribution is -0.137. The van der Waals surface area contributed by atoms with Gasteiger partial charge in [0.1, 0.15) is 11.9 Å². The third-order valence-corrected chi connectivity index (χ3v) is 7.98. The maximum Gasteiger partial charge on any atom is 0.304 e. The number of ether oxygens (including phenoxy) is 2. The second-order valence-electron chi connectivity index (χ2n) is 10.7. The van der Waals surface area contributed by atoms with Crippen LogP contribution in [0.5, 0.6) is 5.75 Å². The number of carboxylic acid groups (broad SMARTS) is 1. The molecule has 188 valence electrons. The van der Waals surface area contributed by atoms with Crippen LogP contribution in [-0.2, 0) is 16.0 Å². The smallest absolute Gasteiger partial charge is 0.304 e. The largest absolute Gasteiger partial charge is 0.488 e. The quantitative estimate of drug-likeness (QED) is 0.507. The zero-order valence-corrected chi connectivity index (χ0v) is 20.5. The van der Waals surface area contributed by atoms with Crippen LogP contribution in [0.4, 0.5) is 0 Å². The van der Waals surface area contributed by atoms with Gasteiger partial charge in [-0.25, -0.2) is 0 Å². The lowest BCUT2D eigenvalue weighted by atomic mass is 9.73. The molecular formula is C29H38N2O4.